The maximum Gasteiger partial charge on any atom is 0.480 e. The van der Waals surface area contributed by atoms with Crippen molar-refractivity contribution in [3.05, 3.63) is 4.72 Å². The summed E-state index contributed by atoms with van der Waals surface area (Å²) in [6.45, 7) is 0.215. The van der Waals surface area contributed by atoms with Crippen molar-refractivity contribution in [1.29, 1.82) is 0 Å². The first kappa shape index (κ1) is 13.2. The van der Waals surface area contributed by atoms with Crippen molar-refractivity contribution < 1.29 is 31.1 Å². The monoisotopic (exact) mass is 234 g/mol. The molecule has 0 N–H and O–H groups in total. The Bertz CT molecular complexity index is 297. The first-order chi connectivity index (χ1) is 6.20. The molecular weight excluding hydrogens is 227 g/mol. The highest BCUT2D eigenvalue weighted by molar-refractivity contribution is 7.94. The van der Waals surface area contributed by atoms with E-state index in [0.717, 1.165) is 0 Å². The van der Waals surface area contributed by atoms with Crippen molar-refractivity contribution in [3.63, 3.8) is 0 Å². The molecule has 0 spiro atoms. The van der Waals surface area contributed by atoms with E-state index in [-0.39, 0.29) is 6.61 Å². The average molecular weight is 234 g/mol. The van der Waals surface area contributed by atoms with Crippen molar-refractivity contribution in [1.82, 2.24) is 0 Å². The third-order valence-corrected chi connectivity index (χ3v) is 2.02. The number of rotatable bonds is 4. The fraction of sp³-hybridized carbons (Fsp3) is 0.800. The number of esters is 1. The number of nitrogens with zero attached hydrogens (tertiary/aromatic N) is 1. The van der Waals surface area contributed by atoms with Crippen LogP contribution in [0, 0.1) is 0 Å². The molecule has 0 bridgehead atoms. The van der Waals surface area contributed by atoms with Gasteiger partial charge in [0.05, 0.1) is 6.61 Å². The summed E-state index contributed by atoms with van der Waals surface area (Å²) in [6, 6.07) is 0. The van der Waals surface area contributed by atoms with E-state index in [1.165, 1.54) is 6.92 Å². The van der Waals surface area contributed by atoms with Crippen LogP contribution in [-0.4, -0.2) is 33.0 Å². The number of halogens is 3. The van der Waals surface area contributed by atoms with Gasteiger partial charge in [0.1, 0.15) is 0 Å². The summed E-state index contributed by atoms with van der Waals surface area (Å²) in [5, 5.41) is 0. The molecule has 0 saturated heterocycles. The third kappa shape index (κ3) is 3.92. The zero-order valence-corrected chi connectivity index (χ0v) is 7.85. The lowest BCUT2D eigenvalue weighted by atomic mass is 10.7. The van der Waals surface area contributed by atoms with Gasteiger partial charge in [0.25, 0.3) is 5.97 Å². The molecule has 0 aromatic rings. The molecule has 5 nitrogen and oxygen atoms in total. The second-order valence-corrected chi connectivity index (χ2v) is 3.68. The van der Waals surface area contributed by atoms with Crippen LogP contribution in [0.2, 0.25) is 0 Å². The third-order valence-electron chi connectivity index (χ3n) is 0.961. The van der Waals surface area contributed by atoms with E-state index in [2.05, 4.69) is 9.46 Å². The van der Waals surface area contributed by atoms with Gasteiger partial charge in [-0.15, -0.1) is 0 Å². The number of sulfonamides is 1. The fourth-order valence-electron chi connectivity index (χ4n) is 0.418. The SMILES string of the molecule is CCOC(=O)C[N-]S(=O)(=O)C(F)(F)F. The van der Waals surface area contributed by atoms with Crippen LogP contribution in [0.4, 0.5) is 13.2 Å². The van der Waals surface area contributed by atoms with Crippen LogP contribution in [0.1, 0.15) is 6.92 Å². The first-order valence-electron chi connectivity index (χ1n) is 3.36. The molecule has 9 heteroatoms. The number of ether oxygens (including phenoxy) is 1. The van der Waals surface area contributed by atoms with Crippen molar-refractivity contribution in [2.45, 2.75) is 12.4 Å². The fourth-order valence-corrected chi connectivity index (χ4v) is 0.839. The molecule has 0 atom stereocenters. The Balaban J connectivity index is 4.22. The Kier molecular flexibility index (Phi) is 4.33. The van der Waals surface area contributed by atoms with Gasteiger partial charge in [0.15, 0.2) is 10.0 Å². The summed E-state index contributed by atoms with van der Waals surface area (Å²) >= 11 is 0. The zero-order chi connectivity index (χ0) is 11.4. The average Bonchev–Trinajstić information content (AvgIpc) is 1.99. The molecule has 0 aliphatic rings. The highest BCUT2D eigenvalue weighted by Crippen LogP contribution is 2.27. The molecule has 0 saturated carbocycles. The standard InChI is InChI=1S/C5H7F3NO4S/c1-2-13-4(10)3-9-14(11,12)5(6,7)8/h2-3H2,1H3/q-1. The van der Waals surface area contributed by atoms with Gasteiger partial charge in [-0.1, -0.05) is 0 Å². The van der Waals surface area contributed by atoms with Gasteiger partial charge < -0.3 is 9.46 Å². The van der Waals surface area contributed by atoms with Gasteiger partial charge in [0.2, 0.25) is 0 Å². The maximum absolute atomic E-state index is 11.6. The number of alkyl halides is 3. The molecule has 0 unspecified atom stereocenters. The molecule has 0 amide bonds. The molecule has 0 heterocycles. The van der Waals surface area contributed by atoms with Crippen LogP contribution in [0.3, 0.4) is 0 Å². The minimum Gasteiger partial charge on any atom is -0.532 e. The molecule has 0 rings (SSSR count). The number of hydrogen-bond donors (Lipinski definition) is 0. The summed E-state index contributed by atoms with van der Waals surface area (Å²) in [5.41, 5.74) is -5.47. The Hall–Kier alpha value is -0.830. The molecule has 0 aliphatic carbocycles. The normalized spacial score (nSPS) is 12.6. The van der Waals surface area contributed by atoms with Crippen molar-refractivity contribution in [2.75, 3.05) is 13.2 Å². The van der Waals surface area contributed by atoms with Crippen molar-refractivity contribution in [3.8, 4) is 0 Å². The molecular formula is C5H7F3NO4S-. The topological polar surface area (TPSA) is 74.5 Å². The van der Waals surface area contributed by atoms with Crippen LogP contribution >= 0.6 is 0 Å². The lowest BCUT2D eigenvalue weighted by molar-refractivity contribution is -0.140. The van der Waals surface area contributed by atoms with Crippen LogP contribution < -0.4 is 0 Å². The van der Waals surface area contributed by atoms with Crippen LogP contribution in [0.25, 0.3) is 4.72 Å². The zero-order valence-electron chi connectivity index (χ0n) is 7.04. The highest BCUT2D eigenvalue weighted by atomic mass is 32.2. The quantitative estimate of drug-likeness (QED) is 0.673. The van der Waals surface area contributed by atoms with E-state index in [4.69, 9.17) is 0 Å². The van der Waals surface area contributed by atoms with E-state index < -0.39 is 28.0 Å². The van der Waals surface area contributed by atoms with Gasteiger partial charge in [-0.2, -0.15) is 13.2 Å². The second kappa shape index (κ2) is 4.60. The highest BCUT2D eigenvalue weighted by Gasteiger charge is 2.38. The lowest BCUT2D eigenvalue weighted by Crippen LogP contribution is -2.24. The van der Waals surface area contributed by atoms with E-state index in [9.17, 15) is 26.4 Å². The molecule has 84 valence electrons. The summed E-state index contributed by atoms with van der Waals surface area (Å²) in [7, 11) is -5.59. The van der Waals surface area contributed by atoms with E-state index in [0.29, 0.717) is 0 Å². The maximum atomic E-state index is 11.6. The molecule has 0 fully saturated rings. The van der Waals surface area contributed by atoms with Crippen molar-refractivity contribution >= 4 is 16.0 Å². The van der Waals surface area contributed by atoms with Crippen LogP contribution in [-0.2, 0) is 19.6 Å². The molecule has 14 heavy (non-hydrogen) atoms. The van der Waals surface area contributed by atoms with Gasteiger partial charge in [0, 0.05) is 0 Å². The van der Waals surface area contributed by atoms with E-state index >= 15 is 0 Å². The lowest BCUT2D eigenvalue weighted by Gasteiger charge is -2.20. The Morgan fingerprint density at radius 1 is 1.43 bits per heavy atom. The number of carbonyl (C=O) groups is 1. The molecule has 0 radical (unpaired) electrons. The summed E-state index contributed by atoms with van der Waals surface area (Å²) < 4.78 is 61.8. The van der Waals surface area contributed by atoms with Crippen LogP contribution in [0.15, 0.2) is 0 Å². The van der Waals surface area contributed by atoms with Gasteiger partial charge >= 0.3 is 5.51 Å². The molecule has 0 aromatic heterocycles. The van der Waals surface area contributed by atoms with Gasteiger partial charge in [-0.3, -0.25) is 4.79 Å². The van der Waals surface area contributed by atoms with E-state index in [1.54, 1.807) is 0 Å². The summed E-state index contributed by atoms with van der Waals surface area (Å²) in [5.74, 6) is -1.12. The summed E-state index contributed by atoms with van der Waals surface area (Å²) in [6.07, 6.45) is 0. The Labute approximate surface area is 78.3 Å². The predicted octanol–water partition coefficient (Wildman–Crippen LogP) is 0.773. The van der Waals surface area contributed by atoms with Gasteiger partial charge in [-0.05, 0) is 13.5 Å². The summed E-state index contributed by atoms with van der Waals surface area (Å²) in [4.78, 5) is 10.5. The van der Waals surface area contributed by atoms with Crippen LogP contribution in [0.5, 0.6) is 0 Å². The number of carbonyl (C=O) groups excluding carboxylic acids is 1. The molecule has 0 aromatic carbocycles. The second-order valence-electron chi connectivity index (χ2n) is 2.01. The predicted molar refractivity (Wildman–Crippen MR) is 39.8 cm³/mol. The largest absolute Gasteiger partial charge is 0.532 e. The Morgan fingerprint density at radius 3 is 2.29 bits per heavy atom. The van der Waals surface area contributed by atoms with Crippen molar-refractivity contribution in [2.24, 2.45) is 0 Å². The minimum absolute atomic E-state index is 0.0551. The smallest absolute Gasteiger partial charge is 0.480 e. The Morgan fingerprint density at radius 2 is 1.93 bits per heavy atom. The minimum atomic E-state index is -5.59. The van der Waals surface area contributed by atoms with Gasteiger partial charge in [-0.25, -0.2) is 8.42 Å². The number of hydrogen-bond acceptors (Lipinski definition) is 4. The first-order valence-corrected chi connectivity index (χ1v) is 4.80. The van der Waals surface area contributed by atoms with E-state index in [1.807, 2.05) is 0 Å². The molecule has 0 aliphatic heterocycles.